The van der Waals surface area contributed by atoms with Gasteiger partial charge in [-0.15, -0.1) is 0 Å². The van der Waals surface area contributed by atoms with Crippen molar-refractivity contribution >= 4 is 11.7 Å². The van der Waals surface area contributed by atoms with Gasteiger partial charge >= 0.3 is 0 Å². The number of ether oxygens (including phenoxy) is 1. The average molecular weight is 221 g/mol. The maximum Gasteiger partial charge on any atom is 0.245 e. The molecular weight excluding hydrogens is 206 g/mol. The summed E-state index contributed by atoms with van der Waals surface area (Å²) < 4.78 is 5.22. The topological polar surface area (TPSA) is 63.2 Å². The number of morpholine rings is 1. The second-order valence-corrected chi connectivity index (χ2v) is 3.79. The van der Waals surface area contributed by atoms with Gasteiger partial charge in [0.2, 0.25) is 5.91 Å². The van der Waals surface area contributed by atoms with E-state index in [1.165, 1.54) is 0 Å². The fourth-order valence-corrected chi connectivity index (χ4v) is 1.55. The van der Waals surface area contributed by atoms with Crippen molar-refractivity contribution in [3.8, 4) is 0 Å². The van der Waals surface area contributed by atoms with Crippen molar-refractivity contribution in [3.63, 3.8) is 0 Å². The van der Waals surface area contributed by atoms with Crippen LogP contribution in [0.25, 0.3) is 0 Å². The summed E-state index contributed by atoms with van der Waals surface area (Å²) in [6.45, 7) is 3.74. The van der Waals surface area contributed by atoms with Gasteiger partial charge in [-0.1, -0.05) is 0 Å². The first-order chi connectivity index (χ1) is 7.75. The molecule has 0 saturated carbocycles. The highest BCUT2D eigenvalue weighted by Crippen LogP contribution is 2.06. The largest absolute Gasteiger partial charge is 0.378 e. The van der Waals surface area contributed by atoms with Crippen LogP contribution in [0.5, 0.6) is 0 Å². The lowest BCUT2D eigenvalue weighted by Crippen LogP contribution is -2.48. The van der Waals surface area contributed by atoms with Crippen LogP contribution in [0.2, 0.25) is 0 Å². The summed E-state index contributed by atoms with van der Waals surface area (Å²) in [5.74, 6) is 0.482. The molecular formula is C11H15N3O2. The summed E-state index contributed by atoms with van der Waals surface area (Å²) in [5, 5.41) is 5.85. The van der Waals surface area contributed by atoms with E-state index >= 15 is 0 Å². The molecule has 1 atom stereocenters. The first-order valence-electron chi connectivity index (χ1n) is 5.30. The molecule has 1 fully saturated rings. The number of nitrogens with zero attached hydrogens (tertiary/aromatic N) is 1. The molecule has 16 heavy (non-hydrogen) atoms. The molecule has 1 aromatic heterocycles. The van der Waals surface area contributed by atoms with E-state index in [4.69, 9.17) is 4.74 Å². The molecule has 86 valence electrons. The Kier molecular flexibility index (Phi) is 3.48. The van der Waals surface area contributed by atoms with E-state index in [0.717, 1.165) is 5.56 Å². The Labute approximate surface area is 94.2 Å². The maximum atomic E-state index is 11.8. The Hall–Kier alpha value is -1.46. The number of carbonyl (C=O) groups excluding carboxylic acids is 1. The summed E-state index contributed by atoms with van der Waals surface area (Å²) in [6.07, 6.45) is 1.68. The number of aryl methyl sites for hydroxylation is 1. The van der Waals surface area contributed by atoms with Crippen molar-refractivity contribution in [2.45, 2.75) is 13.0 Å². The molecule has 0 aliphatic carbocycles. The van der Waals surface area contributed by atoms with E-state index < -0.39 is 0 Å². The lowest BCUT2D eigenvalue weighted by molar-refractivity contribution is -0.120. The second kappa shape index (κ2) is 5.05. The van der Waals surface area contributed by atoms with Crippen molar-refractivity contribution in [2.75, 3.05) is 25.1 Å². The molecule has 1 saturated heterocycles. The van der Waals surface area contributed by atoms with Crippen LogP contribution in [0.3, 0.4) is 0 Å². The zero-order valence-electron chi connectivity index (χ0n) is 9.19. The Bertz CT molecular complexity index is 375. The summed E-state index contributed by atoms with van der Waals surface area (Å²) in [5.41, 5.74) is 1.07. The monoisotopic (exact) mass is 221 g/mol. The van der Waals surface area contributed by atoms with Gasteiger partial charge < -0.3 is 15.4 Å². The van der Waals surface area contributed by atoms with E-state index in [0.29, 0.717) is 25.6 Å². The lowest BCUT2D eigenvalue weighted by Gasteiger charge is -2.22. The van der Waals surface area contributed by atoms with Crippen molar-refractivity contribution in [2.24, 2.45) is 0 Å². The molecule has 0 spiro atoms. The van der Waals surface area contributed by atoms with Gasteiger partial charge in [0.1, 0.15) is 11.9 Å². The predicted molar refractivity (Wildman–Crippen MR) is 60.2 cm³/mol. The van der Waals surface area contributed by atoms with Crippen LogP contribution in [0.4, 0.5) is 5.82 Å². The SMILES string of the molecule is Cc1ccnc(NC(=O)C2COCCN2)c1. The maximum absolute atomic E-state index is 11.8. The minimum Gasteiger partial charge on any atom is -0.378 e. The second-order valence-electron chi connectivity index (χ2n) is 3.79. The molecule has 2 N–H and O–H groups in total. The van der Waals surface area contributed by atoms with Gasteiger partial charge in [-0.05, 0) is 24.6 Å². The summed E-state index contributed by atoms with van der Waals surface area (Å²) in [7, 11) is 0. The number of amides is 1. The average Bonchev–Trinajstić information content (AvgIpc) is 2.30. The van der Waals surface area contributed by atoms with Crippen molar-refractivity contribution in [3.05, 3.63) is 23.9 Å². The molecule has 1 aromatic rings. The highest BCUT2D eigenvalue weighted by molar-refractivity contribution is 5.94. The number of hydrogen-bond donors (Lipinski definition) is 2. The van der Waals surface area contributed by atoms with E-state index in [1.807, 2.05) is 19.1 Å². The van der Waals surface area contributed by atoms with E-state index in [-0.39, 0.29) is 11.9 Å². The third kappa shape index (κ3) is 2.77. The van der Waals surface area contributed by atoms with Gasteiger partial charge in [-0.2, -0.15) is 0 Å². The number of aromatic nitrogens is 1. The molecule has 0 bridgehead atoms. The number of hydrogen-bond acceptors (Lipinski definition) is 4. The molecule has 5 heteroatoms. The lowest BCUT2D eigenvalue weighted by atomic mass is 10.2. The van der Waals surface area contributed by atoms with Crippen LogP contribution in [0.15, 0.2) is 18.3 Å². The summed E-state index contributed by atoms with van der Waals surface area (Å²) >= 11 is 0. The van der Waals surface area contributed by atoms with E-state index in [2.05, 4.69) is 15.6 Å². The normalized spacial score (nSPS) is 20.4. The zero-order valence-corrected chi connectivity index (χ0v) is 9.19. The molecule has 2 heterocycles. The van der Waals surface area contributed by atoms with Gasteiger partial charge in [0.05, 0.1) is 13.2 Å². The van der Waals surface area contributed by atoms with Crippen molar-refractivity contribution in [1.82, 2.24) is 10.3 Å². The van der Waals surface area contributed by atoms with Crippen LogP contribution in [0, 0.1) is 6.92 Å². The Balaban J connectivity index is 1.96. The summed E-state index contributed by atoms with van der Waals surface area (Å²) in [4.78, 5) is 15.9. The number of nitrogens with one attached hydrogen (secondary N) is 2. The third-order valence-electron chi connectivity index (χ3n) is 2.40. The number of carbonyl (C=O) groups is 1. The van der Waals surface area contributed by atoms with E-state index in [9.17, 15) is 4.79 Å². The Morgan fingerprint density at radius 1 is 1.69 bits per heavy atom. The van der Waals surface area contributed by atoms with E-state index in [1.54, 1.807) is 6.20 Å². The standard InChI is InChI=1S/C11H15N3O2/c1-8-2-3-13-10(6-8)14-11(15)9-7-16-5-4-12-9/h2-3,6,9,12H,4-5,7H2,1H3,(H,13,14,15). The number of anilines is 1. The van der Waals surface area contributed by atoms with Gasteiger partial charge in [-0.25, -0.2) is 4.98 Å². The van der Waals surface area contributed by atoms with Crippen LogP contribution in [-0.4, -0.2) is 36.7 Å². The van der Waals surface area contributed by atoms with Gasteiger partial charge in [0.15, 0.2) is 0 Å². The zero-order chi connectivity index (χ0) is 11.4. The molecule has 2 rings (SSSR count). The van der Waals surface area contributed by atoms with Crippen LogP contribution < -0.4 is 10.6 Å². The van der Waals surface area contributed by atoms with Crippen LogP contribution in [-0.2, 0) is 9.53 Å². The molecule has 5 nitrogen and oxygen atoms in total. The minimum absolute atomic E-state index is 0.0993. The highest BCUT2D eigenvalue weighted by Gasteiger charge is 2.21. The van der Waals surface area contributed by atoms with Crippen molar-refractivity contribution in [1.29, 1.82) is 0 Å². The molecule has 1 aliphatic heterocycles. The first kappa shape index (κ1) is 11.0. The predicted octanol–water partition coefficient (Wildman–Crippen LogP) is 0.317. The van der Waals surface area contributed by atoms with Crippen LogP contribution in [0.1, 0.15) is 5.56 Å². The molecule has 1 unspecified atom stereocenters. The van der Waals surface area contributed by atoms with Crippen molar-refractivity contribution < 1.29 is 9.53 Å². The quantitative estimate of drug-likeness (QED) is 0.754. The van der Waals surface area contributed by atoms with Gasteiger partial charge in [0, 0.05) is 12.7 Å². The minimum atomic E-state index is -0.281. The van der Waals surface area contributed by atoms with Gasteiger partial charge in [0.25, 0.3) is 0 Å². The Morgan fingerprint density at radius 3 is 3.25 bits per heavy atom. The summed E-state index contributed by atoms with van der Waals surface area (Å²) in [6, 6.07) is 3.44. The third-order valence-corrected chi connectivity index (χ3v) is 2.40. The molecule has 1 amide bonds. The number of pyridine rings is 1. The fourth-order valence-electron chi connectivity index (χ4n) is 1.55. The smallest absolute Gasteiger partial charge is 0.245 e. The first-order valence-corrected chi connectivity index (χ1v) is 5.30. The molecule has 0 radical (unpaired) electrons. The number of rotatable bonds is 2. The fraction of sp³-hybridized carbons (Fsp3) is 0.455. The van der Waals surface area contributed by atoms with Crippen LogP contribution >= 0.6 is 0 Å². The Morgan fingerprint density at radius 2 is 2.56 bits per heavy atom. The molecule has 0 aromatic carbocycles. The molecule has 1 aliphatic rings. The van der Waals surface area contributed by atoms with Gasteiger partial charge in [-0.3, -0.25) is 4.79 Å². The highest BCUT2D eigenvalue weighted by atomic mass is 16.5.